The van der Waals surface area contributed by atoms with Crippen LogP contribution >= 0.6 is 15.9 Å². The summed E-state index contributed by atoms with van der Waals surface area (Å²) in [7, 11) is -3.78. The first-order valence-corrected chi connectivity index (χ1v) is 11.3. The highest BCUT2D eigenvalue weighted by molar-refractivity contribution is 9.10. The third-order valence-corrected chi connectivity index (χ3v) is 7.71. The van der Waals surface area contributed by atoms with Gasteiger partial charge >= 0.3 is 5.97 Å². The molecule has 1 aliphatic heterocycles. The third-order valence-electron chi connectivity index (χ3n) is 5.44. The number of aryl methyl sites for hydroxylation is 1. The summed E-state index contributed by atoms with van der Waals surface area (Å²) in [5.74, 6) is -0.662. The second-order valence-electron chi connectivity index (χ2n) is 7.39. The summed E-state index contributed by atoms with van der Waals surface area (Å²) >= 11 is 3.40. The van der Waals surface area contributed by atoms with Crippen molar-refractivity contribution in [3.63, 3.8) is 0 Å². The Morgan fingerprint density at radius 2 is 1.96 bits per heavy atom. The molecule has 6 nitrogen and oxygen atoms in total. The largest absolute Gasteiger partial charge is 0.486 e. The number of sulfonamides is 1. The zero-order valence-electron chi connectivity index (χ0n) is 15.2. The molecule has 148 valence electrons. The second kappa shape index (κ2) is 7.08. The van der Waals surface area contributed by atoms with Crippen molar-refractivity contribution in [3.8, 4) is 5.75 Å². The highest BCUT2D eigenvalue weighted by Crippen LogP contribution is 2.44. The highest BCUT2D eigenvalue weighted by Gasteiger charge is 2.44. The number of ether oxygens (including phenoxy) is 1. The number of fused-ring (bicyclic) bond motifs is 1. The summed E-state index contributed by atoms with van der Waals surface area (Å²) in [5.41, 5.74) is 1.35. The lowest BCUT2D eigenvalue weighted by molar-refractivity contribution is -0.147. The molecule has 0 bridgehead atoms. The van der Waals surface area contributed by atoms with E-state index in [0.717, 1.165) is 10.0 Å². The number of hydrogen-bond acceptors (Lipinski definition) is 4. The topological polar surface area (TPSA) is 83.9 Å². The van der Waals surface area contributed by atoms with Gasteiger partial charge in [0.15, 0.2) is 0 Å². The Kier molecular flexibility index (Phi) is 4.87. The van der Waals surface area contributed by atoms with E-state index in [9.17, 15) is 13.2 Å². The lowest BCUT2D eigenvalue weighted by atomic mass is 9.72. The summed E-state index contributed by atoms with van der Waals surface area (Å²) in [6.07, 6.45) is 0.637. The molecule has 0 amide bonds. The predicted molar refractivity (Wildman–Crippen MR) is 108 cm³/mol. The molecule has 28 heavy (non-hydrogen) atoms. The lowest BCUT2D eigenvalue weighted by Crippen LogP contribution is -2.50. The maximum Gasteiger partial charge on any atom is 0.306 e. The summed E-state index contributed by atoms with van der Waals surface area (Å²) in [5, 5.41) is 9.14. The number of carboxylic acid groups (broad SMARTS) is 1. The van der Waals surface area contributed by atoms with Crippen LogP contribution in [0.2, 0.25) is 0 Å². The van der Waals surface area contributed by atoms with Crippen LogP contribution in [0.25, 0.3) is 0 Å². The molecule has 4 rings (SSSR count). The van der Waals surface area contributed by atoms with Gasteiger partial charge in [-0.15, -0.1) is 0 Å². The number of carbonyl (C=O) groups is 1. The predicted octanol–water partition coefficient (Wildman–Crippen LogP) is 3.82. The Labute approximate surface area is 172 Å². The van der Waals surface area contributed by atoms with Crippen LogP contribution in [0.5, 0.6) is 5.75 Å². The van der Waals surface area contributed by atoms with Crippen LogP contribution in [-0.4, -0.2) is 32.1 Å². The maximum atomic E-state index is 13.4. The van der Waals surface area contributed by atoms with Crippen molar-refractivity contribution < 1.29 is 23.1 Å². The second-order valence-corrected chi connectivity index (χ2v) is 10.2. The van der Waals surface area contributed by atoms with Crippen LogP contribution in [0.15, 0.2) is 51.8 Å². The van der Waals surface area contributed by atoms with Crippen molar-refractivity contribution in [3.05, 3.63) is 52.5 Å². The Balaban J connectivity index is 1.71. The van der Waals surface area contributed by atoms with E-state index in [1.54, 1.807) is 36.4 Å². The van der Waals surface area contributed by atoms with Gasteiger partial charge in [-0.3, -0.25) is 9.10 Å². The molecule has 1 aliphatic carbocycles. The minimum Gasteiger partial charge on any atom is -0.486 e. The van der Waals surface area contributed by atoms with E-state index < -0.39 is 16.0 Å². The van der Waals surface area contributed by atoms with E-state index >= 15 is 0 Å². The fourth-order valence-corrected chi connectivity index (χ4v) is 5.72. The minimum absolute atomic E-state index is 0.0214. The van der Waals surface area contributed by atoms with Crippen LogP contribution in [0, 0.1) is 18.8 Å². The molecule has 0 aromatic heterocycles. The molecule has 1 saturated carbocycles. The lowest BCUT2D eigenvalue weighted by Gasteiger charge is -2.43. The minimum atomic E-state index is -3.78. The van der Waals surface area contributed by atoms with Gasteiger partial charge in [0.25, 0.3) is 10.0 Å². The number of halogens is 1. The molecule has 2 aliphatic rings. The molecular formula is C20H20BrNO5S. The zero-order valence-corrected chi connectivity index (χ0v) is 17.6. The highest BCUT2D eigenvalue weighted by atomic mass is 79.9. The van der Waals surface area contributed by atoms with Crippen molar-refractivity contribution in [1.82, 2.24) is 0 Å². The van der Waals surface area contributed by atoms with Gasteiger partial charge in [-0.1, -0.05) is 28.1 Å². The molecule has 0 saturated heterocycles. The molecule has 1 N–H and O–H groups in total. The number of nitrogens with zero attached hydrogens (tertiary/aromatic N) is 1. The smallest absolute Gasteiger partial charge is 0.306 e. The van der Waals surface area contributed by atoms with Crippen LogP contribution in [-0.2, 0) is 14.8 Å². The third kappa shape index (κ3) is 3.39. The van der Waals surface area contributed by atoms with Gasteiger partial charge in [0.05, 0.1) is 23.0 Å². The standard InChI is InChI=1S/C20H20BrNO5S/c1-12-3-2-4-16(7-12)28(25,26)22-11-19(13-8-14(9-13)20(23)24)27-18-6-5-15(21)10-17(18)22/h2-7,10,13-14,19H,8-9,11H2,1H3,(H,23,24)/t13?,14?,19-/m1/s1. The van der Waals surface area contributed by atoms with E-state index in [0.29, 0.717) is 24.3 Å². The van der Waals surface area contributed by atoms with E-state index in [1.165, 1.54) is 4.31 Å². The average molecular weight is 466 g/mol. The molecule has 1 heterocycles. The molecule has 0 unspecified atom stereocenters. The molecule has 1 fully saturated rings. The summed E-state index contributed by atoms with van der Waals surface area (Å²) < 4.78 is 35.1. The normalized spacial score (nSPS) is 24.1. The number of aliphatic carboxylic acids is 1. The summed E-state index contributed by atoms with van der Waals surface area (Å²) in [4.78, 5) is 11.4. The summed E-state index contributed by atoms with van der Waals surface area (Å²) in [6.45, 7) is 2.02. The monoisotopic (exact) mass is 465 g/mol. The Hall–Kier alpha value is -2.06. The van der Waals surface area contributed by atoms with Crippen molar-refractivity contribution in [1.29, 1.82) is 0 Å². The number of hydrogen-bond donors (Lipinski definition) is 1. The van der Waals surface area contributed by atoms with Crippen LogP contribution in [0.4, 0.5) is 5.69 Å². The Morgan fingerprint density at radius 3 is 2.64 bits per heavy atom. The van der Waals surface area contributed by atoms with Crippen LogP contribution in [0.3, 0.4) is 0 Å². The Morgan fingerprint density at radius 1 is 1.21 bits per heavy atom. The first-order chi connectivity index (χ1) is 13.3. The average Bonchev–Trinajstić information content (AvgIpc) is 2.59. The molecular weight excluding hydrogens is 446 g/mol. The SMILES string of the molecule is Cc1cccc(S(=O)(=O)N2C[C@H](C3CC(C(=O)O)C3)Oc3ccc(Br)cc32)c1. The number of rotatable bonds is 4. The zero-order chi connectivity index (χ0) is 20.1. The van der Waals surface area contributed by atoms with Gasteiger partial charge in [0.1, 0.15) is 11.9 Å². The Bertz CT molecular complexity index is 1030. The van der Waals surface area contributed by atoms with Gasteiger partial charge < -0.3 is 9.84 Å². The first-order valence-electron chi connectivity index (χ1n) is 9.04. The van der Waals surface area contributed by atoms with E-state index in [1.807, 2.05) is 13.0 Å². The van der Waals surface area contributed by atoms with Crippen molar-refractivity contribution in [2.24, 2.45) is 11.8 Å². The molecule has 0 spiro atoms. The van der Waals surface area contributed by atoms with Gasteiger partial charge in [-0.25, -0.2) is 8.42 Å². The van der Waals surface area contributed by atoms with Crippen LogP contribution < -0.4 is 9.04 Å². The first kappa shape index (κ1) is 19.3. The van der Waals surface area contributed by atoms with Crippen molar-refractivity contribution in [2.45, 2.75) is 30.8 Å². The fraction of sp³-hybridized carbons (Fsp3) is 0.350. The summed E-state index contributed by atoms with van der Waals surface area (Å²) in [6, 6.07) is 12.1. The van der Waals surface area contributed by atoms with Gasteiger partial charge in [-0.2, -0.15) is 0 Å². The van der Waals surface area contributed by atoms with Gasteiger partial charge in [-0.05, 0) is 61.6 Å². The van der Waals surface area contributed by atoms with Crippen molar-refractivity contribution >= 4 is 37.6 Å². The molecule has 0 radical (unpaired) electrons. The van der Waals surface area contributed by atoms with Gasteiger partial charge in [0, 0.05) is 4.47 Å². The number of benzene rings is 2. The molecule has 2 aromatic carbocycles. The van der Waals surface area contributed by atoms with E-state index in [2.05, 4.69) is 15.9 Å². The number of anilines is 1. The van der Waals surface area contributed by atoms with E-state index in [4.69, 9.17) is 9.84 Å². The fourth-order valence-electron chi connectivity index (χ4n) is 3.79. The molecule has 8 heteroatoms. The quantitative estimate of drug-likeness (QED) is 0.741. The molecule has 1 atom stereocenters. The molecule has 2 aromatic rings. The van der Waals surface area contributed by atoms with E-state index in [-0.39, 0.29) is 29.4 Å². The maximum absolute atomic E-state index is 13.4. The van der Waals surface area contributed by atoms with Crippen molar-refractivity contribution in [2.75, 3.05) is 10.8 Å². The van der Waals surface area contributed by atoms with Crippen LogP contribution in [0.1, 0.15) is 18.4 Å². The number of carboxylic acids is 1. The van der Waals surface area contributed by atoms with Gasteiger partial charge in [0.2, 0.25) is 0 Å².